The molecule has 0 unspecified atom stereocenters. The highest BCUT2D eigenvalue weighted by atomic mass is 16.2. The molecule has 3 heterocycles. The van der Waals surface area contributed by atoms with E-state index in [4.69, 9.17) is 0 Å². The highest BCUT2D eigenvalue weighted by Crippen LogP contribution is 2.22. The number of nitrogens with one attached hydrogen (secondary N) is 1. The second-order valence-electron chi connectivity index (χ2n) is 7.14. The number of aromatic nitrogens is 3. The van der Waals surface area contributed by atoms with Crippen LogP contribution in [0, 0.1) is 5.92 Å². The third-order valence-corrected chi connectivity index (χ3v) is 5.23. The van der Waals surface area contributed by atoms with Gasteiger partial charge in [-0.05, 0) is 42.9 Å². The van der Waals surface area contributed by atoms with E-state index in [1.54, 1.807) is 23.4 Å². The van der Waals surface area contributed by atoms with Gasteiger partial charge in [-0.3, -0.25) is 14.6 Å². The van der Waals surface area contributed by atoms with Crippen molar-refractivity contribution in [2.45, 2.75) is 19.3 Å². The van der Waals surface area contributed by atoms with Gasteiger partial charge in [-0.15, -0.1) is 0 Å². The zero-order chi connectivity index (χ0) is 19.3. The van der Waals surface area contributed by atoms with Crippen molar-refractivity contribution in [1.29, 1.82) is 0 Å². The molecule has 1 aliphatic rings. The number of benzene rings is 1. The lowest BCUT2D eigenvalue weighted by atomic mass is 9.90. The zero-order valence-corrected chi connectivity index (χ0v) is 15.5. The van der Waals surface area contributed by atoms with Gasteiger partial charge >= 0.3 is 0 Å². The largest absolute Gasteiger partial charge is 0.338 e. The Morgan fingerprint density at radius 3 is 2.54 bits per heavy atom. The average molecular weight is 374 g/mol. The summed E-state index contributed by atoms with van der Waals surface area (Å²) in [5.74, 6) is 0.733. The zero-order valence-electron chi connectivity index (χ0n) is 15.5. The van der Waals surface area contributed by atoms with Gasteiger partial charge in [-0.25, -0.2) is 4.98 Å². The van der Waals surface area contributed by atoms with Gasteiger partial charge in [-0.2, -0.15) is 0 Å². The highest BCUT2D eigenvalue weighted by molar-refractivity contribution is 5.93. The van der Waals surface area contributed by atoms with Gasteiger partial charge in [0.2, 0.25) is 0 Å². The number of carbonyl (C=O) groups is 1. The minimum Gasteiger partial charge on any atom is -0.338 e. The number of amides is 1. The molecule has 4 rings (SSSR count). The Morgan fingerprint density at radius 1 is 1.07 bits per heavy atom. The molecular weight excluding hydrogens is 352 g/mol. The molecule has 0 bridgehead atoms. The summed E-state index contributed by atoms with van der Waals surface area (Å²) in [5, 5.41) is 0. The van der Waals surface area contributed by atoms with Crippen LogP contribution < -0.4 is 5.56 Å². The van der Waals surface area contributed by atoms with Crippen LogP contribution in [-0.4, -0.2) is 38.8 Å². The second-order valence-corrected chi connectivity index (χ2v) is 7.14. The Hall–Kier alpha value is -3.28. The van der Waals surface area contributed by atoms with Crippen LogP contribution in [0.2, 0.25) is 0 Å². The number of hydrogen-bond acceptors (Lipinski definition) is 4. The van der Waals surface area contributed by atoms with Crippen LogP contribution >= 0.6 is 0 Å². The summed E-state index contributed by atoms with van der Waals surface area (Å²) < 4.78 is 0. The quantitative estimate of drug-likeness (QED) is 0.762. The van der Waals surface area contributed by atoms with Crippen LogP contribution in [0.5, 0.6) is 0 Å². The predicted octanol–water partition coefficient (Wildman–Crippen LogP) is 2.93. The first-order valence-electron chi connectivity index (χ1n) is 9.53. The van der Waals surface area contributed by atoms with E-state index in [0.717, 1.165) is 19.3 Å². The summed E-state index contributed by atoms with van der Waals surface area (Å²) in [5.41, 5.74) is 1.72. The van der Waals surface area contributed by atoms with Crippen molar-refractivity contribution in [1.82, 2.24) is 19.9 Å². The van der Waals surface area contributed by atoms with Crippen LogP contribution in [-0.2, 0) is 6.42 Å². The Bertz CT molecular complexity index is 994. The first-order valence-corrected chi connectivity index (χ1v) is 9.53. The molecule has 0 atom stereocenters. The van der Waals surface area contributed by atoms with Crippen molar-refractivity contribution in [2.75, 3.05) is 13.1 Å². The van der Waals surface area contributed by atoms with E-state index in [1.165, 1.54) is 11.8 Å². The van der Waals surface area contributed by atoms with Crippen LogP contribution in [0.1, 0.15) is 28.8 Å². The fourth-order valence-corrected chi connectivity index (χ4v) is 3.65. The Labute approximate surface area is 163 Å². The van der Waals surface area contributed by atoms with E-state index < -0.39 is 5.56 Å². The average Bonchev–Trinajstić information content (AvgIpc) is 2.75. The predicted molar refractivity (Wildman–Crippen MR) is 107 cm³/mol. The first kappa shape index (κ1) is 18.1. The maximum absolute atomic E-state index is 12.8. The van der Waals surface area contributed by atoms with Crippen molar-refractivity contribution in [3.05, 3.63) is 82.5 Å². The molecule has 6 heteroatoms. The third-order valence-electron chi connectivity index (χ3n) is 5.23. The Balaban J connectivity index is 1.41. The number of likely N-dealkylation sites (tertiary alicyclic amines) is 1. The van der Waals surface area contributed by atoms with Crippen LogP contribution in [0.15, 0.2) is 65.8 Å². The van der Waals surface area contributed by atoms with E-state index in [2.05, 4.69) is 39.2 Å². The Kier molecular flexibility index (Phi) is 5.28. The van der Waals surface area contributed by atoms with Gasteiger partial charge in [-0.1, -0.05) is 30.3 Å². The molecule has 0 aliphatic carbocycles. The number of piperidine rings is 1. The molecule has 1 saturated heterocycles. The van der Waals surface area contributed by atoms with Crippen molar-refractivity contribution >= 4 is 5.91 Å². The molecule has 142 valence electrons. The van der Waals surface area contributed by atoms with Gasteiger partial charge in [0, 0.05) is 37.2 Å². The second kappa shape index (κ2) is 8.17. The maximum Gasteiger partial charge on any atom is 0.264 e. The number of aromatic amines is 1. The van der Waals surface area contributed by atoms with Gasteiger partial charge in [0.25, 0.3) is 11.5 Å². The summed E-state index contributed by atoms with van der Waals surface area (Å²) in [7, 11) is 0. The smallest absolute Gasteiger partial charge is 0.264 e. The number of carbonyl (C=O) groups excluding carboxylic acids is 1. The minimum atomic E-state index is -0.412. The fourth-order valence-electron chi connectivity index (χ4n) is 3.65. The van der Waals surface area contributed by atoms with Crippen molar-refractivity contribution in [2.24, 2.45) is 5.92 Å². The number of H-pyrrole nitrogens is 1. The lowest BCUT2D eigenvalue weighted by Gasteiger charge is -2.32. The number of pyridine rings is 1. The molecule has 2 aromatic heterocycles. The Morgan fingerprint density at radius 2 is 1.86 bits per heavy atom. The molecule has 1 amide bonds. The molecule has 1 aliphatic heterocycles. The molecule has 1 N–H and O–H groups in total. The first-order chi connectivity index (χ1) is 13.7. The van der Waals surface area contributed by atoms with Gasteiger partial charge in [0.05, 0.1) is 0 Å². The minimum absolute atomic E-state index is 0.0918. The van der Waals surface area contributed by atoms with Crippen molar-refractivity contribution in [3.8, 4) is 11.4 Å². The molecule has 6 nitrogen and oxygen atoms in total. The molecule has 1 fully saturated rings. The van der Waals surface area contributed by atoms with Crippen LogP contribution in [0.4, 0.5) is 0 Å². The SMILES string of the molecule is O=C(c1cnc(-c2cccnc2)[nH]c1=O)N1CCC(Cc2ccccc2)CC1. The van der Waals surface area contributed by atoms with E-state index in [9.17, 15) is 9.59 Å². The van der Waals surface area contributed by atoms with Crippen LogP contribution in [0.25, 0.3) is 11.4 Å². The molecule has 0 radical (unpaired) electrons. The normalized spacial score (nSPS) is 14.8. The molecule has 1 aromatic carbocycles. The van der Waals surface area contributed by atoms with E-state index in [1.807, 2.05) is 12.1 Å². The summed E-state index contributed by atoms with van der Waals surface area (Å²) in [6.45, 7) is 1.33. The topological polar surface area (TPSA) is 79.0 Å². The lowest BCUT2D eigenvalue weighted by Crippen LogP contribution is -2.41. The highest BCUT2D eigenvalue weighted by Gasteiger charge is 2.25. The van der Waals surface area contributed by atoms with Gasteiger partial charge in [0.1, 0.15) is 11.4 Å². The van der Waals surface area contributed by atoms with Crippen LogP contribution in [0.3, 0.4) is 0 Å². The molecule has 0 spiro atoms. The van der Waals surface area contributed by atoms with Crippen molar-refractivity contribution < 1.29 is 4.79 Å². The van der Waals surface area contributed by atoms with E-state index in [-0.39, 0.29) is 11.5 Å². The fraction of sp³-hybridized carbons (Fsp3) is 0.273. The molecule has 0 saturated carbocycles. The van der Waals surface area contributed by atoms with Crippen molar-refractivity contribution in [3.63, 3.8) is 0 Å². The summed E-state index contributed by atoms with van der Waals surface area (Å²) in [6, 6.07) is 14.0. The molecule has 28 heavy (non-hydrogen) atoms. The van der Waals surface area contributed by atoms with E-state index >= 15 is 0 Å². The summed E-state index contributed by atoms with van der Waals surface area (Å²) >= 11 is 0. The summed E-state index contributed by atoms with van der Waals surface area (Å²) in [6.07, 6.45) is 7.57. The monoisotopic (exact) mass is 374 g/mol. The number of rotatable bonds is 4. The summed E-state index contributed by atoms with van der Waals surface area (Å²) in [4.78, 5) is 38.0. The molecular formula is C22H22N4O2. The van der Waals surface area contributed by atoms with Gasteiger partial charge < -0.3 is 9.88 Å². The third kappa shape index (κ3) is 4.01. The number of nitrogens with zero attached hydrogens (tertiary/aromatic N) is 3. The lowest BCUT2D eigenvalue weighted by molar-refractivity contribution is 0.0688. The molecule has 3 aromatic rings. The number of hydrogen-bond donors (Lipinski definition) is 1. The van der Waals surface area contributed by atoms with Gasteiger partial charge in [0.15, 0.2) is 0 Å². The maximum atomic E-state index is 12.8. The standard InChI is InChI=1S/C22H22N4O2/c27-21-19(15-24-20(25-21)18-7-4-10-23-14-18)22(28)26-11-8-17(9-12-26)13-16-5-2-1-3-6-16/h1-7,10,14-15,17H,8-9,11-13H2,(H,24,25,27). The van der Waals surface area contributed by atoms with E-state index in [0.29, 0.717) is 30.4 Å².